The van der Waals surface area contributed by atoms with Crippen molar-refractivity contribution in [1.29, 1.82) is 0 Å². The molecule has 0 spiro atoms. The van der Waals surface area contributed by atoms with Gasteiger partial charge >= 0.3 is 24.1 Å². The molecule has 3 N–H and O–H groups in total. The Kier molecular flexibility index (Phi) is 15.5. The van der Waals surface area contributed by atoms with E-state index in [4.69, 9.17) is 14.2 Å². The van der Waals surface area contributed by atoms with E-state index in [9.17, 15) is 24.3 Å². The zero-order valence-corrected chi connectivity index (χ0v) is 21.2. The van der Waals surface area contributed by atoms with Crippen molar-refractivity contribution in [1.82, 2.24) is 10.6 Å². The van der Waals surface area contributed by atoms with E-state index >= 15 is 0 Å². The molecule has 1 fully saturated rings. The zero-order chi connectivity index (χ0) is 26.1. The van der Waals surface area contributed by atoms with Crippen LogP contribution in [0.3, 0.4) is 0 Å². The first kappa shape index (κ1) is 30.5. The van der Waals surface area contributed by atoms with Gasteiger partial charge in [-0.05, 0) is 50.9 Å². The summed E-state index contributed by atoms with van der Waals surface area (Å²) < 4.78 is 19.8. The maximum atomic E-state index is 11.8. The molecule has 1 aliphatic carbocycles. The number of rotatable bonds is 15. The largest absolute Gasteiger partial charge is 0.464 e. The number of esters is 2. The molecule has 35 heavy (non-hydrogen) atoms. The predicted octanol–water partition coefficient (Wildman–Crippen LogP) is 2.68. The first-order valence-corrected chi connectivity index (χ1v) is 12.5. The molecule has 0 aromatic heterocycles. The average molecular weight is 503 g/mol. The number of nitrogens with one attached hydrogen (secondary N) is 2. The highest BCUT2D eigenvalue weighted by Crippen LogP contribution is 2.33. The molecule has 0 bridgehead atoms. The number of hydrogen-bond donors (Lipinski definition) is 3. The lowest BCUT2D eigenvalue weighted by atomic mass is 9.77. The standard InChI is InChI=1S/C24H42N2O9/c1-4-20-9-8-19(16-21(20)28)7-5-6-12-34-23(30)25-11-14-33-22(29)15-17(2)35-24(31)26-10-13-32-18(3)27/h17,19-21,28H,4-16H2,1-3H3,(H,25,30)(H,26,31). The van der Waals surface area contributed by atoms with E-state index in [2.05, 4.69) is 22.3 Å². The number of aliphatic hydroxyl groups excluding tert-OH is 1. The minimum Gasteiger partial charge on any atom is -0.464 e. The molecule has 11 heteroatoms. The number of alkyl carbamates (subject to hydrolysis) is 2. The van der Waals surface area contributed by atoms with Crippen LogP contribution in [-0.2, 0) is 28.5 Å². The van der Waals surface area contributed by atoms with Crippen molar-refractivity contribution >= 4 is 24.1 Å². The van der Waals surface area contributed by atoms with Gasteiger partial charge in [0.15, 0.2) is 0 Å². The number of carbonyl (C=O) groups excluding carboxylic acids is 4. The molecule has 1 saturated carbocycles. The summed E-state index contributed by atoms with van der Waals surface area (Å²) in [5.41, 5.74) is 0. The maximum absolute atomic E-state index is 11.8. The lowest BCUT2D eigenvalue weighted by Crippen LogP contribution is -2.32. The van der Waals surface area contributed by atoms with Gasteiger partial charge in [0.25, 0.3) is 0 Å². The molecule has 1 aliphatic rings. The molecular formula is C24H42N2O9. The first-order chi connectivity index (χ1) is 16.7. The fourth-order valence-electron chi connectivity index (χ4n) is 4.01. The summed E-state index contributed by atoms with van der Waals surface area (Å²) in [7, 11) is 0. The topological polar surface area (TPSA) is 149 Å². The summed E-state index contributed by atoms with van der Waals surface area (Å²) in [6.07, 6.45) is 4.56. The van der Waals surface area contributed by atoms with Crippen LogP contribution in [0.2, 0.25) is 0 Å². The first-order valence-electron chi connectivity index (χ1n) is 12.5. The normalized spacial score (nSPS) is 20.3. The van der Waals surface area contributed by atoms with Crippen LogP contribution in [0, 0.1) is 11.8 Å². The monoisotopic (exact) mass is 502 g/mol. The Morgan fingerprint density at radius 3 is 2.29 bits per heavy atom. The van der Waals surface area contributed by atoms with E-state index in [1.165, 1.54) is 6.92 Å². The maximum Gasteiger partial charge on any atom is 0.407 e. The molecule has 0 radical (unpaired) electrons. The number of unbranched alkanes of at least 4 members (excludes halogenated alkanes) is 1. The second-order valence-corrected chi connectivity index (χ2v) is 8.88. The van der Waals surface area contributed by atoms with Crippen molar-refractivity contribution in [2.24, 2.45) is 11.8 Å². The number of amides is 2. The third-order valence-electron chi connectivity index (χ3n) is 5.90. The zero-order valence-electron chi connectivity index (χ0n) is 21.2. The number of ether oxygens (including phenoxy) is 4. The molecule has 2 amide bonds. The van der Waals surface area contributed by atoms with Gasteiger partial charge in [-0.3, -0.25) is 9.59 Å². The Labute approximate surface area is 207 Å². The summed E-state index contributed by atoms with van der Waals surface area (Å²) >= 11 is 0. The van der Waals surface area contributed by atoms with Crippen LogP contribution < -0.4 is 10.6 Å². The molecule has 4 unspecified atom stereocenters. The predicted molar refractivity (Wildman–Crippen MR) is 126 cm³/mol. The van der Waals surface area contributed by atoms with Crippen molar-refractivity contribution in [2.45, 2.75) is 84.3 Å². The van der Waals surface area contributed by atoms with E-state index in [0.717, 1.165) is 44.9 Å². The number of hydrogen-bond acceptors (Lipinski definition) is 9. The van der Waals surface area contributed by atoms with Crippen LogP contribution in [0.1, 0.15) is 72.1 Å². The number of aliphatic hydroxyl groups is 1. The highest BCUT2D eigenvalue weighted by molar-refractivity contribution is 5.72. The molecule has 0 heterocycles. The van der Waals surface area contributed by atoms with Gasteiger partial charge in [0.05, 0.1) is 32.2 Å². The van der Waals surface area contributed by atoms with Crippen LogP contribution in [0.4, 0.5) is 9.59 Å². The van der Waals surface area contributed by atoms with E-state index < -0.39 is 30.2 Å². The molecule has 1 rings (SSSR count). The quantitative estimate of drug-likeness (QED) is 0.174. The molecular weight excluding hydrogens is 460 g/mol. The lowest BCUT2D eigenvalue weighted by molar-refractivity contribution is -0.145. The van der Waals surface area contributed by atoms with Gasteiger partial charge in [0.1, 0.15) is 19.3 Å². The van der Waals surface area contributed by atoms with Gasteiger partial charge in [-0.1, -0.05) is 19.8 Å². The Morgan fingerprint density at radius 1 is 0.943 bits per heavy atom. The Morgan fingerprint density at radius 2 is 1.63 bits per heavy atom. The Bertz CT molecular complexity index is 659. The summed E-state index contributed by atoms with van der Waals surface area (Å²) in [6, 6.07) is 0. The molecule has 202 valence electrons. The van der Waals surface area contributed by atoms with Crippen LogP contribution in [0.25, 0.3) is 0 Å². The fourth-order valence-corrected chi connectivity index (χ4v) is 4.01. The van der Waals surface area contributed by atoms with Gasteiger partial charge in [-0.15, -0.1) is 0 Å². The molecule has 11 nitrogen and oxygen atoms in total. The van der Waals surface area contributed by atoms with Crippen molar-refractivity contribution in [3.8, 4) is 0 Å². The number of carbonyl (C=O) groups is 4. The highest BCUT2D eigenvalue weighted by atomic mass is 16.6. The van der Waals surface area contributed by atoms with E-state index in [1.54, 1.807) is 6.92 Å². The van der Waals surface area contributed by atoms with Crippen molar-refractivity contribution in [2.75, 3.05) is 32.9 Å². The molecule has 0 aliphatic heterocycles. The minimum absolute atomic E-state index is 0.0290. The highest BCUT2D eigenvalue weighted by Gasteiger charge is 2.27. The fraction of sp³-hybridized carbons (Fsp3) is 0.833. The van der Waals surface area contributed by atoms with Gasteiger partial charge in [0.2, 0.25) is 0 Å². The molecule has 0 aromatic rings. The van der Waals surface area contributed by atoms with Gasteiger partial charge in [-0.25, -0.2) is 9.59 Å². The second-order valence-electron chi connectivity index (χ2n) is 8.88. The summed E-state index contributed by atoms with van der Waals surface area (Å²) in [5.74, 6) is -0.0347. The van der Waals surface area contributed by atoms with Crippen molar-refractivity contribution in [3.05, 3.63) is 0 Å². The summed E-state index contributed by atoms with van der Waals surface area (Å²) in [4.78, 5) is 45.7. The molecule has 4 atom stereocenters. The van der Waals surface area contributed by atoms with Crippen LogP contribution in [-0.4, -0.2) is 74.3 Å². The molecule has 0 saturated heterocycles. The lowest BCUT2D eigenvalue weighted by Gasteiger charge is -2.32. The van der Waals surface area contributed by atoms with Gasteiger partial charge < -0.3 is 34.7 Å². The molecule has 0 aromatic carbocycles. The van der Waals surface area contributed by atoms with E-state index in [1.807, 2.05) is 0 Å². The second kappa shape index (κ2) is 17.8. The minimum atomic E-state index is -0.733. The average Bonchev–Trinajstić information content (AvgIpc) is 2.79. The summed E-state index contributed by atoms with van der Waals surface area (Å²) in [5, 5.41) is 15.0. The van der Waals surface area contributed by atoms with Crippen LogP contribution in [0.15, 0.2) is 0 Å². The SMILES string of the molecule is CCC1CCC(CCCCOC(=O)NCCOC(=O)CC(C)OC(=O)NCCOC(C)=O)CC1O. The van der Waals surface area contributed by atoms with Crippen LogP contribution in [0.5, 0.6) is 0 Å². The summed E-state index contributed by atoms with van der Waals surface area (Å²) in [6.45, 7) is 5.45. The smallest absolute Gasteiger partial charge is 0.407 e. The van der Waals surface area contributed by atoms with Crippen LogP contribution >= 0.6 is 0 Å². The van der Waals surface area contributed by atoms with Gasteiger partial charge in [0, 0.05) is 6.92 Å². The Balaban J connectivity index is 1.99. The third-order valence-corrected chi connectivity index (χ3v) is 5.90. The van der Waals surface area contributed by atoms with E-state index in [0.29, 0.717) is 18.4 Å². The third kappa shape index (κ3) is 15.1. The Hall–Kier alpha value is -2.56. The van der Waals surface area contributed by atoms with Gasteiger partial charge in [-0.2, -0.15) is 0 Å². The van der Waals surface area contributed by atoms with Crippen molar-refractivity contribution in [3.63, 3.8) is 0 Å². The van der Waals surface area contributed by atoms with E-state index in [-0.39, 0.29) is 38.8 Å². The van der Waals surface area contributed by atoms with Crippen molar-refractivity contribution < 1.29 is 43.2 Å².